The van der Waals surface area contributed by atoms with Gasteiger partial charge in [0.2, 0.25) is 0 Å². The molecule has 0 spiro atoms. The minimum absolute atomic E-state index is 0.0441. The fourth-order valence-electron chi connectivity index (χ4n) is 1.84. The van der Waals surface area contributed by atoms with E-state index in [2.05, 4.69) is 9.97 Å². The first kappa shape index (κ1) is 15.8. The van der Waals surface area contributed by atoms with Gasteiger partial charge >= 0.3 is 5.97 Å². The molecule has 0 unspecified atom stereocenters. The molecule has 1 N–H and O–H groups in total. The summed E-state index contributed by atoms with van der Waals surface area (Å²) in [5.74, 6) is 0.490. The van der Waals surface area contributed by atoms with E-state index in [1.807, 2.05) is 32.0 Å². The van der Waals surface area contributed by atoms with E-state index in [-0.39, 0.29) is 12.3 Å². The van der Waals surface area contributed by atoms with Crippen LogP contribution in [0.25, 0.3) is 0 Å². The molecule has 116 valence electrons. The molecule has 1 aromatic carbocycles. The molecule has 0 amide bonds. The summed E-state index contributed by atoms with van der Waals surface area (Å²) in [6.45, 7) is 4.15. The minimum Gasteiger partial charge on any atom is -0.486 e. The van der Waals surface area contributed by atoms with Gasteiger partial charge in [-0.05, 0) is 37.1 Å². The van der Waals surface area contributed by atoms with Crippen LogP contribution in [0.15, 0.2) is 24.3 Å². The van der Waals surface area contributed by atoms with Gasteiger partial charge in [0.15, 0.2) is 11.5 Å². The zero-order valence-corrected chi connectivity index (χ0v) is 13.1. The van der Waals surface area contributed by atoms with Gasteiger partial charge in [0, 0.05) is 20.2 Å². The standard InChI is InChI=1S/C16H19N3O3/c1-10-5-6-12(7-11(10)2)22-9-14-17-13(16(20)21)8-15(18-14)19(3)4/h5-8H,9H2,1-4H3,(H,20,21). The van der Waals surface area contributed by atoms with Gasteiger partial charge in [0.05, 0.1) is 0 Å². The Balaban J connectivity index is 2.21. The number of rotatable bonds is 5. The van der Waals surface area contributed by atoms with Gasteiger partial charge in [-0.25, -0.2) is 14.8 Å². The van der Waals surface area contributed by atoms with Gasteiger partial charge in [-0.3, -0.25) is 0 Å². The molecule has 2 aromatic rings. The van der Waals surface area contributed by atoms with Crippen LogP contribution < -0.4 is 9.64 Å². The Morgan fingerprint density at radius 1 is 1.18 bits per heavy atom. The van der Waals surface area contributed by atoms with Crippen molar-refractivity contribution in [2.24, 2.45) is 0 Å². The number of benzene rings is 1. The lowest BCUT2D eigenvalue weighted by atomic mass is 10.1. The molecule has 0 fully saturated rings. The van der Waals surface area contributed by atoms with E-state index in [0.29, 0.717) is 17.4 Å². The molecule has 22 heavy (non-hydrogen) atoms. The van der Waals surface area contributed by atoms with E-state index in [1.165, 1.54) is 11.6 Å². The van der Waals surface area contributed by atoms with Crippen molar-refractivity contribution in [1.82, 2.24) is 9.97 Å². The number of ether oxygens (including phenoxy) is 1. The summed E-state index contributed by atoms with van der Waals surface area (Å²) in [4.78, 5) is 21.2. The van der Waals surface area contributed by atoms with Crippen LogP contribution in [0.1, 0.15) is 27.4 Å². The van der Waals surface area contributed by atoms with Crippen LogP contribution in [0.5, 0.6) is 5.75 Å². The van der Waals surface area contributed by atoms with E-state index in [4.69, 9.17) is 9.84 Å². The molecule has 0 saturated carbocycles. The van der Waals surface area contributed by atoms with Crippen molar-refractivity contribution in [3.63, 3.8) is 0 Å². The SMILES string of the molecule is Cc1ccc(OCc2nc(C(=O)O)cc(N(C)C)n2)cc1C. The smallest absolute Gasteiger partial charge is 0.354 e. The highest BCUT2D eigenvalue weighted by molar-refractivity contribution is 5.86. The highest BCUT2D eigenvalue weighted by Gasteiger charge is 2.12. The third-order valence-corrected chi connectivity index (χ3v) is 3.28. The van der Waals surface area contributed by atoms with Gasteiger partial charge in [-0.15, -0.1) is 0 Å². The van der Waals surface area contributed by atoms with Crippen molar-refractivity contribution >= 4 is 11.8 Å². The molecule has 0 aliphatic heterocycles. The van der Waals surface area contributed by atoms with Crippen LogP contribution >= 0.6 is 0 Å². The quantitative estimate of drug-likeness (QED) is 0.914. The largest absolute Gasteiger partial charge is 0.486 e. The van der Waals surface area contributed by atoms with Gasteiger partial charge in [0.1, 0.15) is 18.2 Å². The molecule has 0 saturated heterocycles. The molecular weight excluding hydrogens is 282 g/mol. The van der Waals surface area contributed by atoms with Crippen molar-refractivity contribution in [3.05, 3.63) is 46.9 Å². The molecule has 6 heteroatoms. The fourth-order valence-corrected chi connectivity index (χ4v) is 1.84. The third-order valence-electron chi connectivity index (χ3n) is 3.28. The van der Waals surface area contributed by atoms with Crippen LogP contribution in [0.3, 0.4) is 0 Å². The first-order valence-electron chi connectivity index (χ1n) is 6.85. The first-order chi connectivity index (χ1) is 10.4. The van der Waals surface area contributed by atoms with Crippen molar-refractivity contribution in [1.29, 1.82) is 0 Å². The van der Waals surface area contributed by atoms with E-state index < -0.39 is 5.97 Å². The summed E-state index contributed by atoms with van der Waals surface area (Å²) >= 11 is 0. The Morgan fingerprint density at radius 3 is 2.50 bits per heavy atom. The van der Waals surface area contributed by atoms with Crippen molar-refractivity contribution in [2.45, 2.75) is 20.5 Å². The van der Waals surface area contributed by atoms with Crippen LogP contribution in [0.4, 0.5) is 5.82 Å². The Hall–Kier alpha value is -2.63. The maximum atomic E-state index is 11.1. The van der Waals surface area contributed by atoms with Crippen LogP contribution in [-0.4, -0.2) is 35.1 Å². The predicted molar refractivity (Wildman–Crippen MR) is 83.6 cm³/mol. The second-order valence-corrected chi connectivity index (χ2v) is 5.26. The molecule has 1 aromatic heterocycles. The van der Waals surface area contributed by atoms with Gasteiger partial charge in [0.25, 0.3) is 0 Å². The molecule has 0 aliphatic carbocycles. The predicted octanol–water partition coefficient (Wildman–Crippen LogP) is 2.44. The molecule has 2 rings (SSSR count). The zero-order valence-electron chi connectivity index (χ0n) is 13.1. The number of anilines is 1. The molecule has 0 radical (unpaired) electrons. The van der Waals surface area contributed by atoms with Gasteiger partial charge in [-0.1, -0.05) is 6.07 Å². The number of carbonyl (C=O) groups is 1. The summed E-state index contributed by atoms with van der Waals surface area (Å²) in [7, 11) is 3.59. The van der Waals surface area contributed by atoms with Crippen molar-refractivity contribution in [3.8, 4) is 5.75 Å². The topological polar surface area (TPSA) is 75.6 Å². The Morgan fingerprint density at radius 2 is 1.91 bits per heavy atom. The number of aromatic carboxylic acids is 1. The molecule has 0 atom stereocenters. The second kappa shape index (κ2) is 6.43. The van der Waals surface area contributed by atoms with Gasteiger partial charge < -0.3 is 14.7 Å². The lowest BCUT2D eigenvalue weighted by Gasteiger charge is -2.13. The summed E-state index contributed by atoms with van der Waals surface area (Å²) in [5, 5.41) is 9.12. The average molecular weight is 301 g/mol. The van der Waals surface area contributed by atoms with E-state index >= 15 is 0 Å². The lowest BCUT2D eigenvalue weighted by Crippen LogP contribution is -2.16. The number of hydrogen-bond donors (Lipinski definition) is 1. The Kier molecular flexibility index (Phi) is 4.60. The highest BCUT2D eigenvalue weighted by atomic mass is 16.5. The molecule has 0 aliphatic rings. The number of aryl methyl sites for hydroxylation is 2. The molecule has 6 nitrogen and oxygen atoms in total. The maximum absolute atomic E-state index is 11.1. The number of aromatic nitrogens is 2. The fraction of sp³-hybridized carbons (Fsp3) is 0.312. The van der Waals surface area contributed by atoms with Crippen molar-refractivity contribution < 1.29 is 14.6 Å². The number of carboxylic acids is 1. The Labute approximate surface area is 129 Å². The third kappa shape index (κ3) is 3.72. The average Bonchev–Trinajstić information content (AvgIpc) is 2.48. The minimum atomic E-state index is -1.09. The molecule has 1 heterocycles. The molecular formula is C16H19N3O3. The van der Waals surface area contributed by atoms with Crippen molar-refractivity contribution in [2.75, 3.05) is 19.0 Å². The first-order valence-corrected chi connectivity index (χ1v) is 6.85. The summed E-state index contributed by atoms with van der Waals surface area (Å²) in [6.07, 6.45) is 0. The summed E-state index contributed by atoms with van der Waals surface area (Å²) < 4.78 is 5.66. The number of carboxylic acid groups (broad SMARTS) is 1. The van der Waals surface area contributed by atoms with Crippen LogP contribution in [0, 0.1) is 13.8 Å². The van der Waals surface area contributed by atoms with E-state index in [0.717, 1.165) is 5.56 Å². The van der Waals surface area contributed by atoms with Gasteiger partial charge in [-0.2, -0.15) is 0 Å². The monoisotopic (exact) mass is 301 g/mol. The summed E-state index contributed by atoms with van der Waals surface area (Å²) in [5.41, 5.74) is 2.27. The maximum Gasteiger partial charge on any atom is 0.354 e. The summed E-state index contributed by atoms with van der Waals surface area (Å²) in [6, 6.07) is 7.21. The number of nitrogens with zero attached hydrogens (tertiary/aromatic N) is 3. The van der Waals surface area contributed by atoms with E-state index in [1.54, 1.807) is 19.0 Å². The highest BCUT2D eigenvalue weighted by Crippen LogP contribution is 2.18. The van der Waals surface area contributed by atoms with Crippen LogP contribution in [-0.2, 0) is 6.61 Å². The second-order valence-electron chi connectivity index (χ2n) is 5.26. The Bertz CT molecular complexity index is 699. The number of hydrogen-bond acceptors (Lipinski definition) is 5. The lowest BCUT2D eigenvalue weighted by molar-refractivity contribution is 0.0689. The normalized spacial score (nSPS) is 10.4. The zero-order chi connectivity index (χ0) is 16.3. The van der Waals surface area contributed by atoms with E-state index in [9.17, 15) is 4.79 Å². The molecule has 0 bridgehead atoms. The van der Waals surface area contributed by atoms with Crippen LogP contribution in [0.2, 0.25) is 0 Å².